The predicted molar refractivity (Wildman–Crippen MR) is 109 cm³/mol. The largest absolute Gasteiger partial charge is 0.477 e. The van der Waals surface area contributed by atoms with Crippen LogP contribution in [0.2, 0.25) is 0 Å². The average molecular weight is 426 g/mol. The molecule has 0 fully saturated rings. The molecular formula is C21H22N4O6. The van der Waals surface area contributed by atoms with Gasteiger partial charge in [-0.3, -0.25) is 9.89 Å². The lowest BCUT2D eigenvalue weighted by molar-refractivity contribution is -0.146. The van der Waals surface area contributed by atoms with E-state index in [1.165, 1.54) is 12.3 Å². The van der Waals surface area contributed by atoms with E-state index in [9.17, 15) is 14.4 Å². The molecule has 0 aliphatic heterocycles. The molecule has 0 bridgehead atoms. The molecule has 0 saturated heterocycles. The number of carboxylic acid groups (broad SMARTS) is 1. The molecule has 3 N–H and O–H groups in total. The van der Waals surface area contributed by atoms with E-state index in [1.54, 1.807) is 45.0 Å². The van der Waals surface area contributed by atoms with Gasteiger partial charge in [0.2, 0.25) is 11.7 Å². The summed E-state index contributed by atoms with van der Waals surface area (Å²) >= 11 is 0. The molecule has 10 nitrogen and oxygen atoms in total. The smallest absolute Gasteiger partial charge is 0.353 e. The zero-order valence-electron chi connectivity index (χ0n) is 17.2. The summed E-state index contributed by atoms with van der Waals surface area (Å²) in [7, 11) is 0. The summed E-state index contributed by atoms with van der Waals surface area (Å²) in [5.41, 5.74) is 1.63. The van der Waals surface area contributed by atoms with E-state index in [1.807, 2.05) is 0 Å². The molecule has 3 aromatic rings. The quantitative estimate of drug-likeness (QED) is 0.466. The number of nitrogens with zero attached hydrogens (tertiary/aromatic N) is 2. The number of aromatic carboxylic acids is 1. The summed E-state index contributed by atoms with van der Waals surface area (Å²) < 4.78 is 10.6. The van der Waals surface area contributed by atoms with Crippen molar-refractivity contribution in [1.82, 2.24) is 20.5 Å². The van der Waals surface area contributed by atoms with Crippen molar-refractivity contribution in [2.24, 2.45) is 5.92 Å². The first-order chi connectivity index (χ1) is 14.8. The summed E-state index contributed by atoms with van der Waals surface area (Å²) in [6, 6.07) is 7.54. The van der Waals surface area contributed by atoms with Crippen molar-refractivity contribution in [2.75, 3.05) is 6.61 Å². The van der Waals surface area contributed by atoms with Crippen LogP contribution in [0.15, 0.2) is 40.9 Å². The Bertz CT molecular complexity index is 1100. The van der Waals surface area contributed by atoms with Crippen molar-refractivity contribution < 1.29 is 28.6 Å². The number of rotatable bonds is 8. The van der Waals surface area contributed by atoms with Gasteiger partial charge in [0.05, 0.1) is 18.5 Å². The molecule has 162 valence electrons. The number of oxazole rings is 1. The number of ether oxygens (including phenoxy) is 1. The fourth-order valence-corrected chi connectivity index (χ4v) is 2.85. The van der Waals surface area contributed by atoms with Gasteiger partial charge in [-0.2, -0.15) is 5.10 Å². The molecule has 31 heavy (non-hydrogen) atoms. The third-order valence-electron chi connectivity index (χ3n) is 4.44. The van der Waals surface area contributed by atoms with Crippen LogP contribution in [0.25, 0.3) is 22.7 Å². The molecule has 2 aromatic heterocycles. The Balaban J connectivity index is 1.79. The maximum absolute atomic E-state index is 12.5. The number of carbonyl (C=O) groups excluding carboxylic acids is 2. The highest BCUT2D eigenvalue weighted by atomic mass is 16.5. The van der Waals surface area contributed by atoms with Gasteiger partial charge in [-0.15, -0.1) is 0 Å². The van der Waals surface area contributed by atoms with Crippen molar-refractivity contribution in [1.29, 1.82) is 0 Å². The Morgan fingerprint density at radius 1 is 1.23 bits per heavy atom. The van der Waals surface area contributed by atoms with E-state index in [0.29, 0.717) is 16.8 Å². The Kier molecular flexibility index (Phi) is 6.49. The first-order valence-electron chi connectivity index (χ1n) is 9.63. The van der Waals surface area contributed by atoms with E-state index in [0.717, 1.165) is 0 Å². The summed E-state index contributed by atoms with van der Waals surface area (Å²) in [5.74, 6) is -2.24. The second kappa shape index (κ2) is 9.24. The lowest BCUT2D eigenvalue weighted by atomic mass is 10.0. The Morgan fingerprint density at radius 3 is 2.61 bits per heavy atom. The number of aromatic amines is 1. The zero-order chi connectivity index (χ0) is 22.5. The Morgan fingerprint density at radius 2 is 1.97 bits per heavy atom. The summed E-state index contributed by atoms with van der Waals surface area (Å²) in [6.45, 7) is 5.50. The van der Waals surface area contributed by atoms with E-state index in [-0.39, 0.29) is 29.9 Å². The molecule has 0 saturated carbocycles. The van der Waals surface area contributed by atoms with Gasteiger partial charge in [0.15, 0.2) is 0 Å². The van der Waals surface area contributed by atoms with Crippen LogP contribution in [0.5, 0.6) is 0 Å². The number of carboxylic acids is 1. The summed E-state index contributed by atoms with van der Waals surface area (Å²) in [5, 5.41) is 18.1. The molecular weight excluding hydrogens is 404 g/mol. The number of esters is 1. The molecule has 0 aliphatic carbocycles. The molecule has 3 rings (SSSR count). The molecule has 0 spiro atoms. The summed E-state index contributed by atoms with van der Waals surface area (Å²) in [6.07, 6.45) is 1.27. The van der Waals surface area contributed by atoms with Gasteiger partial charge < -0.3 is 19.6 Å². The van der Waals surface area contributed by atoms with Crippen LogP contribution < -0.4 is 5.32 Å². The second-order valence-corrected chi connectivity index (χ2v) is 7.03. The Hall–Kier alpha value is -3.95. The van der Waals surface area contributed by atoms with Gasteiger partial charge in [0.1, 0.15) is 11.7 Å². The highest BCUT2D eigenvalue weighted by Gasteiger charge is 2.27. The summed E-state index contributed by atoms with van der Waals surface area (Å²) in [4.78, 5) is 39.8. The fraction of sp³-hybridized carbons (Fsp3) is 0.286. The Labute approximate surface area is 177 Å². The van der Waals surface area contributed by atoms with Crippen LogP contribution in [-0.2, 0) is 9.53 Å². The molecule has 1 amide bonds. The maximum atomic E-state index is 12.5. The standard InChI is InChI=1S/C21H22N4O6/c1-4-30-21(29)17(11(2)3)23-18(26)16-10-22-19(31-16)13-7-5-6-12(8-13)14-9-15(20(27)28)25-24-14/h5-11,17H,4H2,1-3H3,(H,23,26)(H,24,25)(H,27,28)/t17-/m0/s1. The first-order valence-corrected chi connectivity index (χ1v) is 9.63. The number of H-pyrrole nitrogens is 1. The fourth-order valence-electron chi connectivity index (χ4n) is 2.85. The van der Waals surface area contributed by atoms with Crippen LogP contribution in [0.1, 0.15) is 41.8 Å². The van der Waals surface area contributed by atoms with Crippen LogP contribution >= 0.6 is 0 Å². The topological polar surface area (TPSA) is 147 Å². The van der Waals surface area contributed by atoms with Crippen LogP contribution in [0, 0.1) is 5.92 Å². The highest BCUT2D eigenvalue weighted by Crippen LogP contribution is 2.25. The van der Waals surface area contributed by atoms with Crippen molar-refractivity contribution in [3.05, 3.63) is 48.0 Å². The van der Waals surface area contributed by atoms with Gasteiger partial charge in [-0.05, 0) is 31.0 Å². The highest BCUT2D eigenvalue weighted by molar-refractivity contribution is 5.94. The van der Waals surface area contributed by atoms with Crippen molar-refractivity contribution in [3.63, 3.8) is 0 Å². The number of amides is 1. The zero-order valence-corrected chi connectivity index (χ0v) is 17.2. The third kappa shape index (κ3) is 4.97. The monoisotopic (exact) mass is 426 g/mol. The van der Waals surface area contributed by atoms with Crippen LogP contribution in [0.4, 0.5) is 0 Å². The van der Waals surface area contributed by atoms with E-state index in [2.05, 4.69) is 20.5 Å². The van der Waals surface area contributed by atoms with Crippen molar-refractivity contribution in [2.45, 2.75) is 26.8 Å². The number of hydrogen-bond acceptors (Lipinski definition) is 7. The van der Waals surface area contributed by atoms with E-state index < -0.39 is 23.9 Å². The van der Waals surface area contributed by atoms with Gasteiger partial charge in [0.25, 0.3) is 5.91 Å². The van der Waals surface area contributed by atoms with Gasteiger partial charge in [-0.1, -0.05) is 26.0 Å². The first kappa shape index (κ1) is 21.8. The lowest BCUT2D eigenvalue weighted by Crippen LogP contribution is -2.45. The predicted octanol–water partition coefficient (Wildman–Crippen LogP) is 2.75. The molecule has 1 atom stereocenters. The number of aromatic nitrogens is 3. The maximum Gasteiger partial charge on any atom is 0.353 e. The van der Waals surface area contributed by atoms with Crippen LogP contribution in [0.3, 0.4) is 0 Å². The molecule has 10 heteroatoms. The number of benzene rings is 1. The van der Waals surface area contributed by atoms with E-state index in [4.69, 9.17) is 14.3 Å². The van der Waals surface area contributed by atoms with Crippen LogP contribution in [-0.4, -0.2) is 50.8 Å². The van der Waals surface area contributed by atoms with Gasteiger partial charge >= 0.3 is 11.9 Å². The number of nitrogens with one attached hydrogen (secondary N) is 2. The molecule has 1 aromatic carbocycles. The average Bonchev–Trinajstić information content (AvgIpc) is 3.42. The minimum Gasteiger partial charge on any atom is -0.477 e. The normalized spacial score (nSPS) is 11.9. The molecule has 2 heterocycles. The minimum atomic E-state index is -1.11. The minimum absolute atomic E-state index is 0.0307. The SMILES string of the molecule is CCOC(=O)[C@@H](NC(=O)c1cnc(-c2cccc(-c3cc(C(=O)O)[nH]n3)c2)o1)C(C)C. The molecule has 0 aliphatic rings. The van der Waals surface area contributed by atoms with Gasteiger partial charge in [0, 0.05) is 11.1 Å². The van der Waals surface area contributed by atoms with Gasteiger partial charge in [-0.25, -0.2) is 14.6 Å². The van der Waals surface area contributed by atoms with Crippen molar-refractivity contribution >= 4 is 17.8 Å². The number of hydrogen-bond donors (Lipinski definition) is 3. The van der Waals surface area contributed by atoms with Crippen molar-refractivity contribution in [3.8, 4) is 22.7 Å². The third-order valence-corrected chi connectivity index (χ3v) is 4.44. The second-order valence-electron chi connectivity index (χ2n) is 7.03. The lowest BCUT2D eigenvalue weighted by Gasteiger charge is -2.19. The molecule has 0 radical (unpaired) electrons. The van der Waals surface area contributed by atoms with E-state index >= 15 is 0 Å². The number of carbonyl (C=O) groups is 3. The molecule has 0 unspecified atom stereocenters.